The molecule has 0 amide bonds. The third-order valence-corrected chi connectivity index (χ3v) is 6.05. The molecule has 0 bridgehead atoms. The van der Waals surface area contributed by atoms with Crippen LogP contribution in [0.4, 0.5) is 0 Å². The number of halogens is 2. The van der Waals surface area contributed by atoms with Crippen LogP contribution in [0.3, 0.4) is 0 Å². The van der Waals surface area contributed by atoms with Crippen LogP contribution in [0.2, 0.25) is 0 Å². The summed E-state index contributed by atoms with van der Waals surface area (Å²) in [5, 5.41) is 0. The molecule has 3 heteroatoms. The van der Waals surface area contributed by atoms with Gasteiger partial charge in [-0.15, -0.1) is 24.3 Å². The van der Waals surface area contributed by atoms with Crippen molar-refractivity contribution in [3.05, 3.63) is 59.4 Å². The number of rotatable bonds is 4. The molecule has 0 aromatic rings. The summed E-state index contributed by atoms with van der Waals surface area (Å²) in [5.41, 5.74) is 3.36. The SMILES string of the molecule is CCC[C-]1CCC2CC=CC=C12.CCC[C-]1CCC2CC=CC=C12.[Br-].[Br-].[Zr+4]. The fraction of sp³-hybridized carbons (Fsp3) is 0.583. The van der Waals surface area contributed by atoms with Gasteiger partial charge in [0.15, 0.2) is 0 Å². The van der Waals surface area contributed by atoms with Crippen molar-refractivity contribution < 1.29 is 60.2 Å². The Labute approximate surface area is 208 Å². The Morgan fingerprint density at radius 3 is 1.56 bits per heavy atom. The third kappa shape index (κ3) is 7.38. The molecular formula is C24H34Br2Zr. The van der Waals surface area contributed by atoms with Crippen molar-refractivity contribution in [2.75, 3.05) is 0 Å². The van der Waals surface area contributed by atoms with E-state index >= 15 is 0 Å². The second-order valence-electron chi connectivity index (χ2n) is 7.75. The van der Waals surface area contributed by atoms with Crippen molar-refractivity contribution in [2.45, 2.75) is 78.1 Å². The largest absolute Gasteiger partial charge is 4.00 e. The van der Waals surface area contributed by atoms with E-state index in [9.17, 15) is 0 Å². The van der Waals surface area contributed by atoms with Crippen LogP contribution < -0.4 is 34.0 Å². The van der Waals surface area contributed by atoms with E-state index in [1.54, 1.807) is 23.0 Å². The summed E-state index contributed by atoms with van der Waals surface area (Å²) in [6.07, 6.45) is 27.2. The smallest absolute Gasteiger partial charge is 1.00 e. The maximum Gasteiger partial charge on any atom is 4.00 e. The van der Waals surface area contributed by atoms with Crippen molar-refractivity contribution in [3.8, 4) is 0 Å². The number of hydrogen-bond donors (Lipinski definition) is 0. The Bertz CT molecular complexity index is 480. The molecule has 0 aliphatic heterocycles. The monoisotopic (exact) mass is 570 g/mol. The van der Waals surface area contributed by atoms with Gasteiger partial charge < -0.3 is 34.0 Å². The summed E-state index contributed by atoms with van der Waals surface area (Å²) in [5.74, 6) is 5.26. The zero-order valence-electron chi connectivity index (χ0n) is 16.9. The molecule has 4 aliphatic carbocycles. The summed E-state index contributed by atoms with van der Waals surface area (Å²) < 4.78 is 0. The molecule has 0 aromatic carbocycles. The average molecular weight is 574 g/mol. The molecule has 0 heterocycles. The van der Waals surface area contributed by atoms with Gasteiger partial charge in [-0.1, -0.05) is 65.2 Å². The van der Waals surface area contributed by atoms with Gasteiger partial charge in [-0.2, -0.15) is 0 Å². The number of allylic oxidation sites excluding steroid dienone is 8. The second-order valence-corrected chi connectivity index (χ2v) is 7.75. The maximum atomic E-state index is 2.34. The van der Waals surface area contributed by atoms with Crippen molar-refractivity contribution in [3.63, 3.8) is 0 Å². The molecule has 0 saturated heterocycles. The number of fused-ring (bicyclic) bond motifs is 2. The molecule has 2 unspecified atom stereocenters. The van der Waals surface area contributed by atoms with Crippen LogP contribution in [0.1, 0.15) is 78.1 Å². The van der Waals surface area contributed by atoms with Gasteiger partial charge in [0, 0.05) is 0 Å². The van der Waals surface area contributed by atoms with Crippen LogP contribution in [0.5, 0.6) is 0 Å². The Morgan fingerprint density at radius 2 is 1.19 bits per heavy atom. The molecule has 4 rings (SSSR count). The zero-order valence-corrected chi connectivity index (χ0v) is 22.6. The van der Waals surface area contributed by atoms with Gasteiger partial charge in [0.05, 0.1) is 0 Å². The van der Waals surface area contributed by atoms with Crippen molar-refractivity contribution in [1.29, 1.82) is 0 Å². The molecule has 148 valence electrons. The van der Waals surface area contributed by atoms with E-state index in [1.807, 2.05) is 0 Å². The standard InChI is InChI=1S/2C12H17.2BrH.Zr/c2*1-2-5-10-8-9-11-6-3-4-7-12(10)11;;;/h2*3-4,7,11H,2,5-6,8-9H2,1H3;2*1H;/q2*-1;;;+4/p-2. The van der Waals surface area contributed by atoms with Crippen molar-refractivity contribution in [1.82, 2.24) is 0 Å². The summed E-state index contributed by atoms with van der Waals surface area (Å²) >= 11 is 0. The molecular weight excluding hydrogens is 539 g/mol. The average Bonchev–Trinajstić information content (AvgIpc) is 3.22. The molecule has 2 fully saturated rings. The van der Waals surface area contributed by atoms with Gasteiger partial charge in [-0.3, -0.25) is 0 Å². The van der Waals surface area contributed by atoms with Gasteiger partial charge >= 0.3 is 26.2 Å². The van der Waals surface area contributed by atoms with Gasteiger partial charge in [0.1, 0.15) is 0 Å². The van der Waals surface area contributed by atoms with E-state index in [0.717, 1.165) is 11.8 Å². The molecule has 27 heavy (non-hydrogen) atoms. The predicted octanol–water partition coefficient (Wildman–Crippen LogP) is 1.32. The minimum Gasteiger partial charge on any atom is -1.00 e. The van der Waals surface area contributed by atoms with E-state index in [0.29, 0.717) is 0 Å². The van der Waals surface area contributed by atoms with E-state index in [-0.39, 0.29) is 60.2 Å². The van der Waals surface area contributed by atoms with Gasteiger partial charge in [0.25, 0.3) is 0 Å². The van der Waals surface area contributed by atoms with Crippen molar-refractivity contribution >= 4 is 0 Å². The van der Waals surface area contributed by atoms with Gasteiger partial charge in [-0.05, 0) is 24.7 Å². The summed E-state index contributed by atoms with van der Waals surface area (Å²) in [6, 6.07) is 0. The zero-order chi connectivity index (χ0) is 16.8. The minimum atomic E-state index is 0. The molecule has 0 nitrogen and oxygen atoms in total. The van der Waals surface area contributed by atoms with Crippen LogP contribution in [0.25, 0.3) is 0 Å². The predicted molar refractivity (Wildman–Crippen MR) is 105 cm³/mol. The fourth-order valence-corrected chi connectivity index (χ4v) is 4.84. The molecule has 0 aromatic heterocycles. The quantitative estimate of drug-likeness (QED) is 0.446. The first-order chi connectivity index (χ1) is 11.8. The van der Waals surface area contributed by atoms with Crippen LogP contribution in [-0.2, 0) is 26.2 Å². The van der Waals surface area contributed by atoms with Gasteiger partial charge in [-0.25, -0.2) is 35.1 Å². The van der Waals surface area contributed by atoms with E-state index < -0.39 is 0 Å². The van der Waals surface area contributed by atoms with Crippen molar-refractivity contribution in [2.24, 2.45) is 11.8 Å². The Kier molecular flexibility index (Phi) is 14.8. The summed E-state index contributed by atoms with van der Waals surface area (Å²) in [7, 11) is 0. The summed E-state index contributed by atoms with van der Waals surface area (Å²) in [6.45, 7) is 4.55. The fourth-order valence-electron chi connectivity index (χ4n) is 4.84. The van der Waals surface area contributed by atoms with Crippen LogP contribution in [0.15, 0.2) is 47.6 Å². The molecule has 2 atom stereocenters. The topological polar surface area (TPSA) is 0 Å². The molecule has 4 aliphatic rings. The molecule has 0 spiro atoms. The third-order valence-electron chi connectivity index (χ3n) is 6.05. The molecule has 0 radical (unpaired) electrons. The first-order valence-corrected chi connectivity index (χ1v) is 10.3. The van der Waals surface area contributed by atoms with Crippen LogP contribution in [0, 0.1) is 23.7 Å². The Morgan fingerprint density at radius 1 is 0.778 bits per heavy atom. The summed E-state index contributed by atoms with van der Waals surface area (Å²) in [4.78, 5) is 0. The van der Waals surface area contributed by atoms with E-state index in [2.05, 4.69) is 50.3 Å². The minimum absolute atomic E-state index is 0. The van der Waals surface area contributed by atoms with Crippen LogP contribution in [-0.4, -0.2) is 0 Å². The first kappa shape index (κ1) is 27.5. The first-order valence-electron chi connectivity index (χ1n) is 10.3. The van der Waals surface area contributed by atoms with Crippen LogP contribution >= 0.6 is 0 Å². The normalized spacial score (nSPS) is 24.2. The van der Waals surface area contributed by atoms with E-state index in [1.165, 1.54) is 64.2 Å². The second kappa shape index (κ2) is 14.5. The van der Waals surface area contributed by atoms with E-state index in [4.69, 9.17) is 0 Å². The maximum absolute atomic E-state index is 2.34. The molecule has 0 N–H and O–H groups in total. The Balaban J connectivity index is 0.000000451. The molecule has 2 saturated carbocycles. The number of hydrogen-bond acceptors (Lipinski definition) is 0. The Hall–Kier alpha value is 0.543. The van der Waals surface area contributed by atoms with Gasteiger partial charge in [0.2, 0.25) is 0 Å².